The summed E-state index contributed by atoms with van der Waals surface area (Å²) in [6.45, 7) is 7.75. The molecule has 0 aromatic heterocycles. The van der Waals surface area contributed by atoms with E-state index in [9.17, 15) is 0 Å². The van der Waals surface area contributed by atoms with Gasteiger partial charge in [-0.1, -0.05) is 30.3 Å². The van der Waals surface area contributed by atoms with Crippen LogP contribution in [0.1, 0.15) is 18.0 Å². The highest BCUT2D eigenvalue weighted by Crippen LogP contribution is 2.12. The third-order valence-corrected chi connectivity index (χ3v) is 4.17. The molecule has 1 aromatic rings. The quantitative estimate of drug-likeness (QED) is 0.736. The summed E-state index contributed by atoms with van der Waals surface area (Å²) in [5.74, 6) is 0. The van der Waals surface area contributed by atoms with Crippen molar-refractivity contribution in [3.63, 3.8) is 0 Å². The van der Waals surface area contributed by atoms with Crippen molar-refractivity contribution in [2.75, 3.05) is 60.0 Å². The number of rotatable bonds is 8. The molecule has 1 aliphatic heterocycles. The Morgan fingerprint density at radius 1 is 1.14 bits per heavy atom. The lowest BCUT2D eigenvalue weighted by Crippen LogP contribution is -2.45. The number of hydrogen-bond acceptors (Lipinski definition) is 4. The van der Waals surface area contributed by atoms with Crippen LogP contribution in [0.2, 0.25) is 0 Å². The monoisotopic (exact) mass is 291 g/mol. The number of ether oxygens (including phenoxy) is 1. The highest BCUT2D eigenvalue weighted by molar-refractivity contribution is 5.18. The Hall–Kier alpha value is -0.940. The average molecular weight is 291 g/mol. The summed E-state index contributed by atoms with van der Waals surface area (Å²) in [5.41, 5.74) is 1.30. The Morgan fingerprint density at radius 2 is 1.86 bits per heavy atom. The normalized spacial score (nSPS) is 18.8. The van der Waals surface area contributed by atoms with Gasteiger partial charge in [0.05, 0.1) is 12.6 Å². The number of piperazine rings is 1. The predicted molar refractivity (Wildman–Crippen MR) is 87.6 cm³/mol. The first-order valence-electron chi connectivity index (χ1n) is 7.98. The molecule has 0 spiro atoms. The van der Waals surface area contributed by atoms with E-state index < -0.39 is 0 Å². The Labute approximate surface area is 129 Å². The fourth-order valence-electron chi connectivity index (χ4n) is 2.78. The van der Waals surface area contributed by atoms with Gasteiger partial charge >= 0.3 is 0 Å². The number of benzene rings is 1. The molecule has 1 saturated heterocycles. The van der Waals surface area contributed by atoms with Crippen LogP contribution in [0, 0.1) is 0 Å². The lowest BCUT2D eigenvalue weighted by molar-refractivity contribution is 0.148. The van der Waals surface area contributed by atoms with Gasteiger partial charge in [0.2, 0.25) is 0 Å². The van der Waals surface area contributed by atoms with Gasteiger partial charge in [-0.05, 0) is 32.1 Å². The van der Waals surface area contributed by atoms with E-state index in [-0.39, 0.29) is 0 Å². The van der Waals surface area contributed by atoms with Crippen molar-refractivity contribution in [3.05, 3.63) is 35.9 Å². The molecule has 2 rings (SSSR count). The first-order valence-corrected chi connectivity index (χ1v) is 7.98. The molecule has 1 fully saturated rings. The molecule has 0 amide bonds. The topological polar surface area (TPSA) is 27.7 Å². The van der Waals surface area contributed by atoms with Gasteiger partial charge in [-0.15, -0.1) is 0 Å². The zero-order valence-corrected chi connectivity index (χ0v) is 13.4. The van der Waals surface area contributed by atoms with Gasteiger partial charge in [0.1, 0.15) is 0 Å². The predicted octanol–water partition coefficient (Wildman–Crippen LogP) is 1.60. The van der Waals surface area contributed by atoms with Gasteiger partial charge in [-0.25, -0.2) is 0 Å². The van der Waals surface area contributed by atoms with Crippen LogP contribution in [-0.4, -0.2) is 69.8 Å². The maximum Gasteiger partial charge on any atom is 0.0657 e. The Balaban J connectivity index is 1.68. The van der Waals surface area contributed by atoms with Crippen LogP contribution in [0.4, 0.5) is 0 Å². The number of hydrogen-bond donors (Lipinski definition) is 1. The van der Waals surface area contributed by atoms with Crippen LogP contribution < -0.4 is 5.32 Å². The molecule has 0 bridgehead atoms. The molecule has 0 radical (unpaired) electrons. The maximum absolute atomic E-state index is 5.34. The minimum atomic E-state index is 0.295. The van der Waals surface area contributed by atoms with Crippen molar-refractivity contribution in [1.82, 2.24) is 15.1 Å². The summed E-state index contributed by atoms with van der Waals surface area (Å²) in [6.07, 6.45) is 1.19. The van der Waals surface area contributed by atoms with Gasteiger partial charge in [-0.3, -0.25) is 0 Å². The van der Waals surface area contributed by atoms with Gasteiger partial charge in [0.15, 0.2) is 0 Å². The Bertz CT molecular complexity index is 377. The largest absolute Gasteiger partial charge is 0.383 e. The van der Waals surface area contributed by atoms with E-state index in [2.05, 4.69) is 52.5 Å². The zero-order chi connectivity index (χ0) is 14.9. The van der Waals surface area contributed by atoms with Crippen molar-refractivity contribution in [1.29, 1.82) is 0 Å². The van der Waals surface area contributed by atoms with Crippen molar-refractivity contribution in [2.24, 2.45) is 0 Å². The van der Waals surface area contributed by atoms with Crippen LogP contribution in [0.5, 0.6) is 0 Å². The van der Waals surface area contributed by atoms with E-state index in [1.807, 2.05) is 0 Å². The van der Waals surface area contributed by atoms with E-state index in [4.69, 9.17) is 4.74 Å². The minimum Gasteiger partial charge on any atom is -0.383 e. The summed E-state index contributed by atoms with van der Waals surface area (Å²) in [7, 11) is 3.97. The second-order valence-electron chi connectivity index (χ2n) is 5.87. The lowest BCUT2D eigenvalue weighted by atomic mass is 10.1. The fraction of sp³-hybridized carbons (Fsp3) is 0.647. The molecule has 1 unspecified atom stereocenters. The van der Waals surface area contributed by atoms with E-state index in [0.29, 0.717) is 6.04 Å². The molecule has 1 heterocycles. The first-order chi connectivity index (χ1) is 10.3. The Morgan fingerprint density at radius 3 is 2.52 bits per heavy atom. The van der Waals surface area contributed by atoms with E-state index in [1.165, 1.54) is 44.7 Å². The number of nitrogens with zero attached hydrogens (tertiary/aromatic N) is 2. The molecule has 1 aliphatic rings. The fourth-order valence-corrected chi connectivity index (χ4v) is 2.78. The molecular weight excluding hydrogens is 262 g/mol. The lowest BCUT2D eigenvalue weighted by Gasteiger charge is -2.32. The van der Waals surface area contributed by atoms with Gasteiger partial charge in [0.25, 0.3) is 0 Å². The summed E-state index contributed by atoms with van der Waals surface area (Å²) >= 11 is 0. The average Bonchev–Trinajstić information content (AvgIpc) is 2.53. The second-order valence-corrected chi connectivity index (χ2v) is 5.87. The SMILES string of the molecule is COCC(NCCCN1CCN(C)CC1)c1ccccc1. The standard InChI is InChI=1S/C17H29N3O/c1-19-11-13-20(14-12-19)10-6-9-18-17(15-21-2)16-7-4-3-5-8-16/h3-5,7-8,17-18H,6,9-15H2,1-2H3. The molecule has 0 saturated carbocycles. The Kier molecular flexibility index (Phi) is 7.16. The minimum absolute atomic E-state index is 0.295. The van der Waals surface area contributed by atoms with Crippen molar-refractivity contribution < 1.29 is 4.74 Å². The van der Waals surface area contributed by atoms with Crippen molar-refractivity contribution in [3.8, 4) is 0 Å². The summed E-state index contributed by atoms with van der Waals surface area (Å²) in [5, 5.41) is 3.62. The van der Waals surface area contributed by atoms with Gasteiger partial charge in [0, 0.05) is 33.3 Å². The molecule has 4 nitrogen and oxygen atoms in total. The van der Waals surface area contributed by atoms with Gasteiger partial charge < -0.3 is 19.9 Å². The van der Waals surface area contributed by atoms with Crippen LogP contribution in [-0.2, 0) is 4.74 Å². The molecule has 4 heteroatoms. The molecule has 1 aromatic carbocycles. The molecule has 21 heavy (non-hydrogen) atoms. The summed E-state index contributed by atoms with van der Waals surface area (Å²) in [4.78, 5) is 4.97. The number of nitrogens with one attached hydrogen (secondary N) is 1. The molecule has 118 valence electrons. The third-order valence-electron chi connectivity index (χ3n) is 4.17. The summed E-state index contributed by atoms with van der Waals surface area (Å²) < 4.78 is 5.34. The van der Waals surface area contributed by atoms with E-state index >= 15 is 0 Å². The number of likely N-dealkylation sites (N-methyl/N-ethyl adjacent to an activating group) is 1. The van der Waals surface area contributed by atoms with Gasteiger partial charge in [-0.2, -0.15) is 0 Å². The molecule has 1 N–H and O–H groups in total. The van der Waals surface area contributed by atoms with Crippen molar-refractivity contribution >= 4 is 0 Å². The first kappa shape index (κ1) is 16.4. The van der Waals surface area contributed by atoms with E-state index in [1.54, 1.807) is 7.11 Å². The highest BCUT2D eigenvalue weighted by atomic mass is 16.5. The maximum atomic E-state index is 5.34. The number of methoxy groups -OCH3 is 1. The third kappa shape index (κ3) is 5.75. The second kappa shape index (κ2) is 9.15. The van der Waals surface area contributed by atoms with Crippen LogP contribution in [0.15, 0.2) is 30.3 Å². The highest BCUT2D eigenvalue weighted by Gasteiger charge is 2.14. The van der Waals surface area contributed by atoms with Crippen LogP contribution >= 0.6 is 0 Å². The molecular formula is C17H29N3O. The molecule has 0 aliphatic carbocycles. The van der Waals surface area contributed by atoms with Crippen molar-refractivity contribution in [2.45, 2.75) is 12.5 Å². The van der Waals surface area contributed by atoms with E-state index in [0.717, 1.165) is 13.2 Å². The van der Waals surface area contributed by atoms with Crippen LogP contribution in [0.25, 0.3) is 0 Å². The zero-order valence-electron chi connectivity index (χ0n) is 13.4. The smallest absolute Gasteiger partial charge is 0.0657 e. The molecule has 1 atom stereocenters. The summed E-state index contributed by atoms with van der Waals surface area (Å²) in [6, 6.07) is 10.9. The van der Waals surface area contributed by atoms with Crippen LogP contribution in [0.3, 0.4) is 0 Å².